The van der Waals surface area contributed by atoms with Gasteiger partial charge in [0.05, 0.1) is 0 Å². The van der Waals surface area contributed by atoms with Crippen molar-refractivity contribution >= 4 is 5.69 Å². The Labute approximate surface area is 129 Å². The molecule has 1 heterocycles. The second-order valence-corrected chi connectivity index (χ2v) is 7.16. The summed E-state index contributed by atoms with van der Waals surface area (Å²) in [6, 6.07) is 7.73. The van der Waals surface area contributed by atoms with E-state index in [-0.39, 0.29) is 0 Å². The lowest BCUT2D eigenvalue weighted by Crippen LogP contribution is -2.36. The molecule has 0 radical (unpaired) electrons. The molecule has 1 N–H and O–H groups in total. The van der Waals surface area contributed by atoms with E-state index in [2.05, 4.69) is 42.3 Å². The number of hydrogen-bond donors (Lipinski definition) is 1. The Balaban J connectivity index is 1.87. The van der Waals surface area contributed by atoms with Crippen LogP contribution < -0.4 is 10.2 Å². The third kappa shape index (κ3) is 3.42. The van der Waals surface area contributed by atoms with E-state index in [0.29, 0.717) is 0 Å². The highest BCUT2D eigenvalue weighted by Gasteiger charge is 2.25. The molecule has 0 unspecified atom stereocenters. The van der Waals surface area contributed by atoms with E-state index in [1.54, 1.807) is 11.3 Å². The molecule has 116 valence electrons. The lowest BCUT2D eigenvalue weighted by Gasteiger charge is -2.35. The molecule has 0 amide bonds. The van der Waals surface area contributed by atoms with Gasteiger partial charge in [0.15, 0.2) is 0 Å². The number of anilines is 1. The number of nitrogens with one attached hydrogen (secondary N) is 1. The standard InChI is InChI=1S/C19H30N2/c1-15(2)11-13-21(17-7-3-4-8-17)19-9-5-6-16-14-20-12-10-18(16)19/h5-6,9,15,17,20H,3-4,7-8,10-14H2,1-2H3. The van der Waals surface area contributed by atoms with Gasteiger partial charge < -0.3 is 10.2 Å². The summed E-state index contributed by atoms with van der Waals surface area (Å²) >= 11 is 0. The van der Waals surface area contributed by atoms with Gasteiger partial charge in [0.1, 0.15) is 0 Å². The molecule has 2 nitrogen and oxygen atoms in total. The van der Waals surface area contributed by atoms with E-state index in [1.165, 1.54) is 50.6 Å². The maximum atomic E-state index is 3.51. The topological polar surface area (TPSA) is 15.3 Å². The predicted molar refractivity (Wildman–Crippen MR) is 90.9 cm³/mol. The lowest BCUT2D eigenvalue weighted by molar-refractivity contribution is 0.525. The van der Waals surface area contributed by atoms with Crippen molar-refractivity contribution in [3.8, 4) is 0 Å². The summed E-state index contributed by atoms with van der Waals surface area (Å²) in [4.78, 5) is 2.76. The molecule has 0 aromatic heterocycles. The summed E-state index contributed by atoms with van der Waals surface area (Å²) in [5.74, 6) is 0.787. The molecule has 3 rings (SSSR count). The van der Waals surface area contributed by atoms with Crippen LogP contribution >= 0.6 is 0 Å². The Bertz CT molecular complexity index is 461. The Morgan fingerprint density at radius 1 is 1.24 bits per heavy atom. The molecule has 1 aliphatic heterocycles. The molecule has 0 atom stereocenters. The van der Waals surface area contributed by atoms with Crippen LogP contribution in [0.15, 0.2) is 18.2 Å². The fourth-order valence-corrected chi connectivity index (χ4v) is 3.89. The molecule has 1 aromatic carbocycles. The fourth-order valence-electron chi connectivity index (χ4n) is 3.89. The zero-order valence-corrected chi connectivity index (χ0v) is 13.7. The van der Waals surface area contributed by atoms with Gasteiger partial charge in [-0.25, -0.2) is 0 Å². The Morgan fingerprint density at radius 2 is 2.05 bits per heavy atom. The highest BCUT2D eigenvalue weighted by molar-refractivity contribution is 5.58. The molecule has 2 aliphatic rings. The molecular formula is C19H30N2. The highest BCUT2D eigenvalue weighted by atomic mass is 15.2. The van der Waals surface area contributed by atoms with Crippen molar-refractivity contribution in [3.05, 3.63) is 29.3 Å². The first kappa shape index (κ1) is 14.9. The third-order valence-corrected chi connectivity index (χ3v) is 5.14. The molecule has 2 heteroatoms. The first-order valence-electron chi connectivity index (χ1n) is 8.84. The maximum Gasteiger partial charge on any atom is 0.0405 e. The molecule has 0 saturated heterocycles. The molecule has 0 bridgehead atoms. The Kier molecular flexibility index (Phi) is 4.84. The minimum atomic E-state index is 0.783. The fraction of sp³-hybridized carbons (Fsp3) is 0.684. The van der Waals surface area contributed by atoms with E-state index >= 15 is 0 Å². The van der Waals surface area contributed by atoms with Crippen molar-refractivity contribution < 1.29 is 0 Å². The van der Waals surface area contributed by atoms with E-state index in [1.807, 2.05) is 0 Å². The second-order valence-electron chi connectivity index (χ2n) is 7.16. The summed E-state index contributed by atoms with van der Waals surface area (Å²) in [7, 11) is 0. The quantitative estimate of drug-likeness (QED) is 0.875. The summed E-state index contributed by atoms with van der Waals surface area (Å²) in [5, 5.41) is 3.51. The van der Waals surface area contributed by atoms with Crippen molar-refractivity contribution in [1.29, 1.82) is 0 Å². The lowest BCUT2D eigenvalue weighted by atomic mass is 9.97. The molecule has 1 aliphatic carbocycles. The first-order chi connectivity index (χ1) is 10.3. The monoisotopic (exact) mass is 286 g/mol. The molecule has 1 fully saturated rings. The number of fused-ring (bicyclic) bond motifs is 1. The van der Waals surface area contributed by atoms with Gasteiger partial charge in [-0.1, -0.05) is 38.8 Å². The zero-order chi connectivity index (χ0) is 14.7. The predicted octanol–water partition coefficient (Wildman–Crippen LogP) is 4.13. The van der Waals surface area contributed by atoms with E-state index in [4.69, 9.17) is 0 Å². The molecule has 0 spiro atoms. The normalized spacial score (nSPS) is 19.0. The number of hydrogen-bond acceptors (Lipinski definition) is 2. The van der Waals surface area contributed by atoms with E-state index in [0.717, 1.165) is 25.0 Å². The maximum absolute atomic E-state index is 3.51. The largest absolute Gasteiger partial charge is 0.368 e. The summed E-state index contributed by atoms with van der Waals surface area (Å²) in [5.41, 5.74) is 4.68. The number of benzene rings is 1. The van der Waals surface area contributed by atoms with Crippen molar-refractivity contribution in [1.82, 2.24) is 5.32 Å². The Morgan fingerprint density at radius 3 is 2.81 bits per heavy atom. The zero-order valence-electron chi connectivity index (χ0n) is 13.7. The Hall–Kier alpha value is -1.02. The van der Waals surface area contributed by atoms with Gasteiger partial charge in [-0.2, -0.15) is 0 Å². The minimum Gasteiger partial charge on any atom is -0.368 e. The van der Waals surface area contributed by atoms with Gasteiger partial charge in [-0.15, -0.1) is 0 Å². The van der Waals surface area contributed by atoms with Crippen LogP contribution in [-0.2, 0) is 13.0 Å². The van der Waals surface area contributed by atoms with Crippen LogP contribution in [-0.4, -0.2) is 19.1 Å². The van der Waals surface area contributed by atoms with Gasteiger partial charge in [-0.3, -0.25) is 0 Å². The van der Waals surface area contributed by atoms with Gasteiger partial charge in [0, 0.05) is 24.8 Å². The first-order valence-corrected chi connectivity index (χ1v) is 8.84. The average molecular weight is 286 g/mol. The van der Waals surface area contributed by atoms with Crippen molar-refractivity contribution in [2.45, 2.75) is 65.0 Å². The molecule has 1 saturated carbocycles. The average Bonchev–Trinajstić information content (AvgIpc) is 3.01. The SMILES string of the molecule is CC(C)CCN(c1cccc2c1CCNC2)C1CCCC1. The van der Waals surface area contributed by atoms with Crippen LogP contribution in [0.3, 0.4) is 0 Å². The van der Waals surface area contributed by atoms with Crippen molar-refractivity contribution in [2.75, 3.05) is 18.0 Å². The summed E-state index contributed by atoms with van der Waals surface area (Å²) in [6.07, 6.45) is 8.10. The van der Waals surface area contributed by atoms with Crippen molar-refractivity contribution in [3.63, 3.8) is 0 Å². The minimum absolute atomic E-state index is 0.783. The van der Waals surface area contributed by atoms with Gasteiger partial charge >= 0.3 is 0 Å². The van der Waals surface area contributed by atoms with E-state index < -0.39 is 0 Å². The molecular weight excluding hydrogens is 256 g/mol. The second kappa shape index (κ2) is 6.83. The highest BCUT2D eigenvalue weighted by Crippen LogP contribution is 2.33. The summed E-state index contributed by atoms with van der Waals surface area (Å²) in [6.45, 7) is 8.10. The van der Waals surface area contributed by atoms with Crippen LogP contribution in [0.1, 0.15) is 57.1 Å². The van der Waals surface area contributed by atoms with Crippen LogP contribution in [0.5, 0.6) is 0 Å². The van der Waals surface area contributed by atoms with Crippen molar-refractivity contribution in [2.24, 2.45) is 5.92 Å². The van der Waals surface area contributed by atoms with Gasteiger partial charge in [0.25, 0.3) is 0 Å². The third-order valence-electron chi connectivity index (χ3n) is 5.14. The smallest absolute Gasteiger partial charge is 0.0405 e. The summed E-state index contributed by atoms with van der Waals surface area (Å²) < 4.78 is 0. The van der Waals surface area contributed by atoms with Gasteiger partial charge in [0.2, 0.25) is 0 Å². The molecule has 1 aromatic rings. The molecule has 21 heavy (non-hydrogen) atoms. The van der Waals surface area contributed by atoms with Crippen LogP contribution in [0, 0.1) is 5.92 Å². The van der Waals surface area contributed by atoms with Crippen LogP contribution in [0.2, 0.25) is 0 Å². The number of nitrogens with zero attached hydrogens (tertiary/aromatic N) is 1. The van der Waals surface area contributed by atoms with E-state index in [9.17, 15) is 0 Å². The number of rotatable bonds is 5. The van der Waals surface area contributed by atoms with Crippen LogP contribution in [0.25, 0.3) is 0 Å². The van der Waals surface area contributed by atoms with Gasteiger partial charge in [-0.05, 0) is 55.3 Å². The van der Waals surface area contributed by atoms with Crippen LogP contribution in [0.4, 0.5) is 5.69 Å².